The number of ether oxygens (including phenoxy) is 1. The van der Waals surface area contributed by atoms with Gasteiger partial charge in [-0.2, -0.15) is 0 Å². The minimum Gasteiger partial charge on any atom is -0.480 e. The summed E-state index contributed by atoms with van der Waals surface area (Å²) in [7, 11) is 0. The first-order valence-electron chi connectivity index (χ1n) is 11.1. The topological polar surface area (TPSA) is 78.9 Å². The van der Waals surface area contributed by atoms with Crippen molar-refractivity contribution in [3.63, 3.8) is 0 Å². The van der Waals surface area contributed by atoms with Gasteiger partial charge >= 0.3 is 12.1 Å². The van der Waals surface area contributed by atoms with Crippen molar-refractivity contribution in [1.29, 1.82) is 0 Å². The van der Waals surface area contributed by atoms with Crippen LogP contribution in [0.3, 0.4) is 0 Å². The lowest BCUT2D eigenvalue weighted by atomic mass is 9.98. The predicted molar refractivity (Wildman–Crippen MR) is 119 cm³/mol. The highest BCUT2D eigenvalue weighted by molar-refractivity contribution is 5.81. The third kappa shape index (κ3) is 4.74. The van der Waals surface area contributed by atoms with Gasteiger partial charge in [0.15, 0.2) is 0 Å². The van der Waals surface area contributed by atoms with Crippen LogP contribution in [0.2, 0.25) is 0 Å². The number of likely N-dealkylation sites (tertiary alicyclic amines) is 1. The van der Waals surface area contributed by atoms with E-state index >= 15 is 0 Å². The number of carbonyl (C=O) groups is 2. The van der Waals surface area contributed by atoms with E-state index in [0.29, 0.717) is 12.5 Å². The summed E-state index contributed by atoms with van der Waals surface area (Å²) < 4.78 is 5.49. The monoisotopic (exact) mass is 422 g/mol. The van der Waals surface area contributed by atoms with Gasteiger partial charge in [-0.05, 0) is 68.0 Å². The summed E-state index contributed by atoms with van der Waals surface area (Å²) in [6, 6.07) is 15.9. The number of aliphatic carboxylic acids is 1. The Bertz CT molecular complexity index is 899. The number of nitrogens with one attached hydrogen (secondary N) is 1. The summed E-state index contributed by atoms with van der Waals surface area (Å²) in [5.74, 6) is -1.07. The second kappa shape index (κ2) is 9.52. The molecule has 164 valence electrons. The molecule has 1 heterocycles. The van der Waals surface area contributed by atoms with Crippen LogP contribution in [0.25, 0.3) is 11.1 Å². The van der Waals surface area contributed by atoms with Crippen LogP contribution in [-0.2, 0) is 9.53 Å². The molecule has 2 N–H and O–H groups in total. The van der Waals surface area contributed by atoms with Crippen LogP contribution in [0, 0.1) is 0 Å². The standard InChI is InChI=1S/C25H30N2O4/c1-17-8-6-14-27(17)15-7-13-23(24(28)29)26-25(30)31-16-22-20-11-4-2-9-18(20)19-10-3-5-12-21(19)22/h2-5,9-12,17,22-23H,6-8,13-16H2,1H3,(H,26,30)(H,28,29)/t17-,23+/m1/s1. The fourth-order valence-corrected chi connectivity index (χ4v) is 4.86. The smallest absolute Gasteiger partial charge is 0.407 e. The normalized spacial score (nSPS) is 18.9. The van der Waals surface area contributed by atoms with Crippen molar-refractivity contribution < 1.29 is 19.4 Å². The van der Waals surface area contributed by atoms with Gasteiger partial charge in [0.1, 0.15) is 12.6 Å². The van der Waals surface area contributed by atoms with Gasteiger partial charge in [-0.15, -0.1) is 0 Å². The molecule has 2 aromatic rings. The van der Waals surface area contributed by atoms with Crippen molar-refractivity contribution in [2.45, 2.75) is 50.6 Å². The Labute approximate surface area is 183 Å². The largest absolute Gasteiger partial charge is 0.480 e. The molecule has 1 aliphatic heterocycles. The first-order valence-corrected chi connectivity index (χ1v) is 11.1. The van der Waals surface area contributed by atoms with Crippen LogP contribution in [0.15, 0.2) is 48.5 Å². The number of carboxylic acid groups (broad SMARTS) is 1. The third-order valence-electron chi connectivity index (χ3n) is 6.56. The van der Waals surface area contributed by atoms with Crippen LogP contribution < -0.4 is 5.32 Å². The van der Waals surface area contributed by atoms with E-state index in [9.17, 15) is 14.7 Å². The highest BCUT2D eigenvalue weighted by Gasteiger charge is 2.30. The van der Waals surface area contributed by atoms with Gasteiger partial charge < -0.3 is 20.1 Å². The second-order valence-corrected chi connectivity index (χ2v) is 8.53. The molecule has 1 saturated heterocycles. The molecule has 6 nitrogen and oxygen atoms in total. The van der Waals surface area contributed by atoms with Crippen molar-refractivity contribution in [2.75, 3.05) is 19.7 Å². The molecule has 2 atom stereocenters. The lowest BCUT2D eigenvalue weighted by molar-refractivity contribution is -0.139. The van der Waals surface area contributed by atoms with Gasteiger partial charge in [-0.25, -0.2) is 9.59 Å². The number of rotatable bonds is 8. The number of hydrogen-bond acceptors (Lipinski definition) is 4. The quantitative estimate of drug-likeness (QED) is 0.665. The molecule has 0 spiro atoms. The van der Waals surface area contributed by atoms with Crippen LogP contribution in [0.5, 0.6) is 0 Å². The summed E-state index contributed by atoms with van der Waals surface area (Å²) in [5, 5.41) is 12.1. The molecule has 0 unspecified atom stereocenters. The molecule has 1 fully saturated rings. The molecule has 2 aromatic carbocycles. The summed E-state index contributed by atoms with van der Waals surface area (Å²) >= 11 is 0. The van der Waals surface area contributed by atoms with Gasteiger partial charge in [0.25, 0.3) is 0 Å². The van der Waals surface area contributed by atoms with Crippen molar-refractivity contribution in [2.24, 2.45) is 0 Å². The Kier molecular flexibility index (Phi) is 6.56. The van der Waals surface area contributed by atoms with Crippen molar-refractivity contribution in [3.8, 4) is 11.1 Å². The van der Waals surface area contributed by atoms with E-state index < -0.39 is 18.1 Å². The average Bonchev–Trinajstić information content (AvgIpc) is 3.32. The third-order valence-corrected chi connectivity index (χ3v) is 6.56. The minimum absolute atomic E-state index is 0.0434. The summed E-state index contributed by atoms with van der Waals surface area (Å²) in [5.41, 5.74) is 4.58. The molecule has 1 amide bonds. The van der Waals surface area contributed by atoms with E-state index in [1.807, 2.05) is 24.3 Å². The maximum absolute atomic E-state index is 12.4. The van der Waals surface area contributed by atoms with E-state index in [1.165, 1.54) is 12.8 Å². The Morgan fingerprint density at radius 3 is 2.35 bits per heavy atom. The zero-order chi connectivity index (χ0) is 21.8. The molecule has 31 heavy (non-hydrogen) atoms. The number of nitrogens with zero attached hydrogens (tertiary/aromatic N) is 1. The Morgan fingerprint density at radius 1 is 1.13 bits per heavy atom. The molecular weight excluding hydrogens is 392 g/mol. The van der Waals surface area contributed by atoms with Crippen molar-refractivity contribution in [1.82, 2.24) is 10.2 Å². The first kappa shape index (κ1) is 21.4. The molecule has 6 heteroatoms. The van der Waals surface area contributed by atoms with Gasteiger partial charge in [-0.3, -0.25) is 0 Å². The highest BCUT2D eigenvalue weighted by atomic mass is 16.5. The molecule has 1 aliphatic carbocycles. The Hall–Kier alpha value is -2.86. The molecule has 0 radical (unpaired) electrons. The minimum atomic E-state index is -1.03. The molecule has 4 rings (SSSR count). The number of carboxylic acids is 1. The number of benzene rings is 2. The zero-order valence-electron chi connectivity index (χ0n) is 17.9. The van der Waals surface area contributed by atoms with Crippen molar-refractivity contribution in [3.05, 3.63) is 59.7 Å². The van der Waals surface area contributed by atoms with E-state index in [2.05, 4.69) is 41.4 Å². The second-order valence-electron chi connectivity index (χ2n) is 8.53. The molecule has 0 saturated carbocycles. The predicted octanol–water partition coefficient (Wildman–Crippen LogP) is 4.24. The number of amides is 1. The number of fused-ring (bicyclic) bond motifs is 3. The van der Waals surface area contributed by atoms with Crippen molar-refractivity contribution >= 4 is 12.1 Å². The fourth-order valence-electron chi connectivity index (χ4n) is 4.86. The zero-order valence-corrected chi connectivity index (χ0v) is 17.9. The molecule has 0 bridgehead atoms. The Balaban J connectivity index is 1.32. The molecular formula is C25H30N2O4. The van der Waals surface area contributed by atoms with Crippen LogP contribution in [-0.4, -0.2) is 53.8 Å². The van der Waals surface area contributed by atoms with Crippen LogP contribution >= 0.6 is 0 Å². The molecule has 0 aromatic heterocycles. The van der Waals surface area contributed by atoms with Gasteiger partial charge in [0.05, 0.1) is 0 Å². The van der Waals surface area contributed by atoms with Crippen LogP contribution in [0.1, 0.15) is 49.7 Å². The summed E-state index contributed by atoms with van der Waals surface area (Å²) in [4.78, 5) is 26.4. The number of hydrogen-bond donors (Lipinski definition) is 2. The molecule has 2 aliphatic rings. The first-order chi connectivity index (χ1) is 15.0. The number of alkyl carbamates (subject to hydrolysis) is 1. The van der Waals surface area contributed by atoms with E-state index in [4.69, 9.17) is 4.74 Å². The van der Waals surface area contributed by atoms with Gasteiger partial charge in [0, 0.05) is 12.0 Å². The van der Waals surface area contributed by atoms with Crippen LogP contribution in [0.4, 0.5) is 4.79 Å². The highest BCUT2D eigenvalue weighted by Crippen LogP contribution is 2.44. The average molecular weight is 423 g/mol. The SMILES string of the molecule is C[C@@H]1CCCN1CCC[C@H](NC(=O)OCC1c2ccccc2-c2ccccc21)C(=O)O. The van der Waals surface area contributed by atoms with Gasteiger partial charge in [0.2, 0.25) is 0 Å². The summed E-state index contributed by atoms with van der Waals surface area (Å²) in [6.45, 7) is 4.31. The number of carbonyl (C=O) groups excluding carboxylic acids is 1. The van der Waals surface area contributed by atoms with Gasteiger partial charge in [-0.1, -0.05) is 48.5 Å². The summed E-state index contributed by atoms with van der Waals surface area (Å²) in [6.07, 6.45) is 2.83. The van der Waals surface area contributed by atoms with E-state index in [-0.39, 0.29) is 12.5 Å². The Morgan fingerprint density at radius 2 is 1.77 bits per heavy atom. The lowest BCUT2D eigenvalue weighted by Gasteiger charge is -2.22. The lowest BCUT2D eigenvalue weighted by Crippen LogP contribution is -2.42. The van der Waals surface area contributed by atoms with E-state index in [0.717, 1.165) is 41.8 Å². The fraction of sp³-hybridized carbons (Fsp3) is 0.440. The van der Waals surface area contributed by atoms with E-state index in [1.54, 1.807) is 0 Å². The maximum Gasteiger partial charge on any atom is 0.407 e. The maximum atomic E-state index is 12.4.